The van der Waals surface area contributed by atoms with Gasteiger partial charge in [0.05, 0.1) is 39.0 Å². The first-order chi connectivity index (χ1) is 24.3. The number of furan rings is 1. The Hall–Kier alpha value is -6.72. The van der Waals surface area contributed by atoms with E-state index in [0.29, 0.717) is 0 Å². The van der Waals surface area contributed by atoms with Crippen molar-refractivity contribution in [1.82, 2.24) is 19.1 Å². The van der Waals surface area contributed by atoms with Crippen LogP contribution in [0, 0.1) is 0 Å². The molecule has 0 saturated heterocycles. The van der Waals surface area contributed by atoms with Gasteiger partial charge in [-0.2, -0.15) is 0 Å². The number of hydrogen-bond donors (Lipinski definition) is 0. The van der Waals surface area contributed by atoms with Crippen molar-refractivity contribution in [2.45, 2.75) is 0 Å². The van der Waals surface area contributed by atoms with Crippen LogP contribution in [0.25, 0.3) is 99.2 Å². The molecule has 0 fully saturated rings. The number of nitrogens with zero attached hydrogens (tertiary/aromatic N) is 4. The van der Waals surface area contributed by atoms with Gasteiger partial charge in [0.15, 0.2) is 0 Å². The summed E-state index contributed by atoms with van der Waals surface area (Å²) in [6.45, 7) is 0. The van der Waals surface area contributed by atoms with Crippen LogP contribution in [0.3, 0.4) is 0 Å². The van der Waals surface area contributed by atoms with Crippen LogP contribution in [0.2, 0.25) is 0 Å². The van der Waals surface area contributed by atoms with Crippen molar-refractivity contribution in [2.24, 2.45) is 0 Å². The Morgan fingerprint density at radius 3 is 1.94 bits per heavy atom. The molecule has 5 nitrogen and oxygen atoms in total. The zero-order valence-electron chi connectivity index (χ0n) is 26.2. The summed E-state index contributed by atoms with van der Waals surface area (Å²) >= 11 is 0. The Kier molecular flexibility index (Phi) is 5.32. The quantitative estimate of drug-likeness (QED) is 0.196. The van der Waals surface area contributed by atoms with E-state index in [1.807, 2.05) is 24.4 Å². The van der Waals surface area contributed by atoms with Crippen LogP contribution in [-0.4, -0.2) is 19.1 Å². The molecule has 11 aromatic rings. The van der Waals surface area contributed by atoms with E-state index in [4.69, 9.17) is 9.40 Å². The Bertz CT molecular complexity index is 3120. The van der Waals surface area contributed by atoms with Gasteiger partial charge in [0.2, 0.25) is 0 Å². The van der Waals surface area contributed by atoms with Crippen LogP contribution < -0.4 is 0 Å². The third-order valence-electron chi connectivity index (χ3n) is 9.97. The fraction of sp³-hybridized carbons (Fsp3) is 0. The van der Waals surface area contributed by atoms with Crippen molar-refractivity contribution in [3.05, 3.63) is 158 Å². The second-order valence-electron chi connectivity index (χ2n) is 12.6. The first-order valence-electron chi connectivity index (χ1n) is 16.5. The van der Waals surface area contributed by atoms with Crippen molar-refractivity contribution >= 4 is 76.5 Å². The predicted molar refractivity (Wildman–Crippen MR) is 201 cm³/mol. The number of aromatic nitrogens is 4. The number of para-hydroxylation sites is 3. The summed E-state index contributed by atoms with van der Waals surface area (Å²) in [5.41, 5.74) is 10.3. The molecule has 0 aliphatic carbocycles. The van der Waals surface area contributed by atoms with Crippen LogP contribution in [0.1, 0.15) is 0 Å². The van der Waals surface area contributed by atoms with E-state index in [9.17, 15) is 0 Å². The van der Waals surface area contributed by atoms with Crippen LogP contribution >= 0.6 is 0 Å². The average molecular weight is 627 g/mol. The van der Waals surface area contributed by atoms with Gasteiger partial charge in [-0.05, 0) is 78.9 Å². The molecule has 0 N–H and O–H groups in total. The van der Waals surface area contributed by atoms with Gasteiger partial charge in [-0.1, -0.05) is 72.8 Å². The third kappa shape index (κ3) is 3.75. The predicted octanol–water partition coefficient (Wildman–Crippen LogP) is 11.4. The zero-order chi connectivity index (χ0) is 32.1. The topological polar surface area (TPSA) is 48.8 Å². The number of hydrogen-bond acceptors (Lipinski definition) is 3. The highest BCUT2D eigenvalue weighted by Crippen LogP contribution is 2.40. The Labute approximate surface area is 279 Å². The lowest BCUT2D eigenvalue weighted by molar-refractivity contribution is 0.669. The minimum Gasteiger partial charge on any atom is -0.456 e. The van der Waals surface area contributed by atoms with Gasteiger partial charge < -0.3 is 8.98 Å². The van der Waals surface area contributed by atoms with Gasteiger partial charge in [-0.25, -0.2) is 4.98 Å². The molecular weight excluding hydrogens is 601 g/mol. The largest absolute Gasteiger partial charge is 0.456 e. The van der Waals surface area contributed by atoms with Crippen molar-refractivity contribution in [3.63, 3.8) is 0 Å². The molecule has 0 radical (unpaired) electrons. The van der Waals surface area contributed by atoms with Gasteiger partial charge in [0, 0.05) is 49.5 Å². The molecule has 5 heterocycles. The van der Waals surface area contributed by atoms with Crippen molar-refractivity contribution in [3.8, 4) is 22.8 Å². The molecule has 5 aromatic heterocycles. The second-order valence-corrected chi connectivity index (χ2v) is 12.6. The lowest BCUT2D eigenvalue weighted by atomic mass is 10.1. The highest BCUT2D eigenvalue weighted by atomic mass is 16.3. The van der Waals surface area contributed by atoms with E-state index in [1.165, 1.54) is 27.1 Å². The molecule has 6 aromatic carbocycles. The molecule has 0 atom stereocenters. The summed E-state index contributed by atoms with van der Waals surface area (Å²) in [7, 11) is 0. The van der Waals surface area contributed by atoms with E-state index in [0.717, 1.165) is 72.2 Å². The summed E-state index contributed by atoms with van der Waals surface area (Å²) in [5, 5.41) is 8.13. The van der Waals surface area contributed by atoms with E-state index >= 15 is 0 Å². The second kappa shape index (κ2) is 9.89. The number of fused-ring (bicyclic) bond motifs is 10. The number of rotatable bonds is 3. The number of pyridine rings is 2. The molecule has 228 valence electrons. The van der Waals surface area contributed by atoms with Crippen LogP contribution in [-0.2, 0) is 0 Å². The average Bonchev–Trinajstić information content (AvgIpc) is 3.81. The molecule has 49 heavy (non-hydrogen) atoms. The Morgan fingerprint density at radius 1 is 0.429 bits per heavy atom. The molecule has 5 heteroatoms. The summed E-state index contributed by atoms with van der Waals surface area (Å²) in [5.74, 6) is 0.872. The number of benzene rings is 6. The lowest BCUT2D eigenvalue weighted by Gasteiger charge is -2.11. The maximum atomic E-state index is 6.23. The lowest BCUT2D eigenvalue weighted by Crippen LogP contribution is -1.98. The fourth-order valence-corrected chi connectivity index (χ4v) is 7.81. The van der Waals surface area contributed by atoms with E-state index < -0.39 is 0 Å². The maximum absolute atomic E-state index is 6.23. The van der Waals surface area contributed by atoms with Crippen LogP contribution in [0.4, 0.5) is 0 Å². The van der Waals surface area contributed by atoms with E-state index in [-0.39, 0.29) is 0 Å². The highest BCUT2D eigenvalue weighted by Gasteiger charge is 2.20. The maximum Gasteiger partial charge on any atom is 0.138 e. The zero-order valence-corrected chi connectivity index (χ0v) is 26.2. The van der Waals surface area contributed by atoms with Gasteiger partial charge in [0.25, 0.3) is 0 Å². The first-order valence-corrected chi connectivity index (χ1v) is 16.5. The van der Waals surface area contributed by atoms with Crippen molar-refractivity contribution < 1.29 is 4.42 Å². The summed E-state index contributed by atoms with van der Waals surface area (Å²) in [6.07, 6.45) is 1.86. The Morgan fingerprint density at radius 2 is 1.10 bits per heavy atom. The van der Waals surface area contributed by atoms with Crippen LogP contribution in [0.5, 0.6) is 0 Å². The first kappa shape index (κ1) is 26.4. The van der Waals surface area contributed by atoms with E-state index in [1.54, 1.807) is 0 Å². The molecule has 0 saturated carbocycles. The normalized spacial score (nSPS) is 12.1. The summed E-state index contributed by atoms with van der Waals surface area (Å²) in [6, 6.07) is 53.4. The molecule has 0 bridgehead atoms. The molecular formula is C44H26N4O. The van der Waals surface area contributed by atoms with Gasteiger partial charge in [0.1, 0.15) is 17.0 Å². The molecule has 11 rings (SSSR count). The molecule has 0 aliphatic heterocycles. The monoisotopic (exact) mass is 626 g/mol. The van der Waals surface area contributed by atoms with Crippen molar-refractivity contribution in [2.75, 3.05) is 0 Å². The molecule has 0 spiro atoms. The summed E-state index contributed by atoms with van der Waals surface area (Å²) < 4.78 is 10.9. The fourth-order valence-electron chi connectivity index (χ4n) is 7.81. The molecule has 0 amide bonds. The smallest absolute Gasteiger partial charge is 0.138 e. The van der Waals surface area contributed by atoms with Crippen molar-refractivity contribution in [1.29, 1.82) is 0 Å². The third-order valence-corrected chi connectivity index (χ3v) is 9.97. The minimum atomic E-state index is 0.864. The van der Waals surface area contributed by atoms with Gasteiger partial charge in [-0.3, -0.25) is 9.55 Å². The molecule has 0 unspecified atom stereocenters. The SMILES string of the molecule is c1cc(-c2ccc3c(c2)oc2ccccc23)nc(-n2c3ccccc3c3cc4c(cc32)c2ccccc2n4-c2cccc3ncccc23)c1. The Balaban J connectivity index is 1.17. The standard InChI is InChI=1S/C44H26N4O/c1-4-16-37-28(10-1)33-26-41-34(25-40(33)47(37)39-18-7-15-36-32(39)13-9-23-45-36)29-11-2-5-17-38(29)48(41)44-20-8-14-35(46-44)27-21-22-31-30-12-3-6-19-42(30)49-43(31)24-27/h1-26H. The van der Waals surface area contributed by atoms with E-state index in [2.05, 4.69) is 148 Å². The minimum absolute atomic E-state index is 0.864. The highest BCUT2D eigenvalue weighted by molar-refractivity contribution is 6.19. The van der Waals surface area contributed by atoms with Gasteiger partial charge in [-0.15, -0.1) is 0 Å². The van der Waals surface area contributed by atoms with Crippen LogP contribution in [0.15, 0.2) is 162 Å². The summed E-state index contributed by atoms with van der Waals surface area (Å²) in [4.78, 5) is 9.95. The van der Waals surface area contributed by atoms with Gasteiger partial charge >= 0.3 is 0 Å². The molecule has 0 aliphatic rings.